The molecule has 106 valence electrons. The van der Waals surface area contributed by atoms with E-state index in [0.717, 1.165) is 42.0 Å². The Balaban J connectivity index is 1.96. The van der Waals surface area contributed by atoms with Gasteiger partial charge in [-0.3, -0.25) is 0 Å². The number of fused-ring (bicyclic) bond motifs is 1. The topological polar surface area (TPSA) is 69.2 Å². The smallest absolute Gasteiger partial charge is 0.161 e. The predicted molar refractivity (Wildman–Crippen MR) is 78.6 cm³/mol. The minimum Gasteiger partial charge on any atom is -0.490 e. The standard InChI is InChI=1S/C15H19N3O2/c1-2-10-9-14(16)17-18-15(10)11-4-5-12-13(8-11)20-7-3-6-19-12/h4-5,8,10H,2-3,6-7,9H2,1H3,(H2,16,17). The third kappa shape index (κ3) is 2.48. The molecule has 1 aromatic rings. The van der Waals surface area contributed by atoms with Crippen molar-refractivity contribution in [1.82, 2.24) is 0 Å². The summed E-state index contributed by atoms with van der Waals surface area (Å²) in [5.41, 5.74) is 7.79. The second kappa shape index (κ2) is 5.53. The van der Waals surface area contributed by atoms with Gasteiger partial charge >= 0.3 is 0 Å². The first-order valence-corrected chi connectivity index (χ1v) is 7.08. The van der Waals surface area contributed by atoms with Gasteiger partial charge in [-0.1, -0.05) is 6.92 Å². The number of amidine groups is 1. The van der Waals surface area contributed by atoms with Crippen LogP contribution in [0.3, 0.4) is 0 Å². The van der Waals surface area contributed by atoms with Crippen molar-refractivity contribution in [3.63, 3.8) is 0 Å². The zero-order valence-electron chi connectivity index (χ0n) is 11.6. The molecule has 1 atom stereocenters. The molecule has 0 saturated carbocycles. The van der Waals surface area contributed by atoms with Crippen LogP contribution < -0.4 is 15.2 Å². The summed E-state index contributed by atoms with van der Waals surface area (Å²) in [5.74, 6) is 2.52. The van der Waals surface area contributed by atoms with Crippen LogP contribution in [-0.2, 0) is 0 Å². The lowest BCUT2D eigenvalue weighted by Crippen LogP contribution is -2.26. The molecular formula is C15H19N3O2. The second-order valence-corrected chi connectivity index (χ2v) is 5.10. The van der Waals surface area contributed by atoms with E-state index in [2.05, 4.69) is 17.1 Å². The summed E-state index contributed by atoms with van der Waals surface area (Å²) < 4.78 is 11.4. The Hall–Kier alpha value is -2.04. The summed E-state index contributed by atoms with van der Waals surface area (Å²) >= 11 is 0. The van der Waals surface area contributed by atoms with Gasteiger partial charge in [0, 0.05) is 24.3 Å². The summed E-state index contributed by atoms with van der Waals surface area (Å²) in [6.07, 6.45) is 2.66. The third-order valence-electron chi connectivity index (χ3n) is 3.66. The monoisotopic (exact) mass is 273 g/mol. The highest BCUT2D eigenvalue weighted by molar-refractivity contribution is 6.06. The van der Waals surface area contributed by atoms with Crippen LogP contribution in [0.4, 0.5) is 0 Å². The maximum atomic E-state index is 5.77. The minimum atomic E-state index is 0.317. The normalized spacial score (nSPS) is 21.8. The molecule has 0 bridgehead atoms. The molecule has 0 amide bonds. The average molecular weight is 273 g/mol. The van der Waals surface area contributed by atoms with Crippen molar-refractivity contribution in [2.24, 2.45) is 21.9 Å². The average Bonchev–Trinajstić information content (AvgIpc) is 2.71. The Morgan fingerprint density at radius 1 is 1.20 bits per heavy atom. The van der Waals surface area contributed by atoms with Crippen LogP contribution in [0.1, 0.15) is 31.7 Å². The highest BCUT2D eigenvalue weighted by Crippen LogP contribution is 2.32. The van der Waals surface area contributed by atoms with Gasteiger partial charge in [0.05, 0.1) is 18.9 Å². The highest BCUT2D eigenvalue weighted by Gasteiger charge is 2.22. The molecule has 2 heterocycles. The zero-order valence-corrected chi connectivity index (χ0v) is 11.6. The molecule has 0 aliphatic carbocycles. The van der Waals surface area contributed by atoms with Gasteiger partial charge in [-0.2, -0.15) is 5.10 Å². The summed E-state index contributed by atoms with van der Waals surface area (Å²) in [6.45, 7) is 3.53. The molecule has 1 aromatic carbocycles. The summed E-state index contributed by atoms with van der Waals surface area (Å²) in [6, 6.07) is 5.97. The van der Waals surface area contributed by atoms with Gasteiger partial charge in [0.2, 0.25) is 0 Å². The lowest BCUT2D eigenvalue weighted by atomic mass is 9.90. The molecule has 20 heavy (non-hydrogen) atoms. The minimum absolute atomic E-state index is 0.317. The van der Waals surface area contributed by atoms with Crippen molar-refractivity contribution in [2.45, 2.75) is 26.2 Å². The Kier molecular flexibility index (Phi) is 3.58. The van der Waals surface area contributed by atoms with Crippen LogP contribution in [0, 0.1) is 5.92 Å². The van der Waals surface area contributed by atoms with E-state index in [1.165, 1.54) is 0 Å². The van der Waals surface area contributed by atoms with Crippen LogP contribution in [0.2, 0.25) is 0 Å². The molecule has 0 fully saturated rings. The van der Waals surface area contributed by atoms with E-state index in [1.54, 1.807) is 0 Å². The second-order valence-electron chi connectivity index (χ2n) is 5.10. The van der Waals surface area contributed by atoms with Crippen molar-refractivity contribution < 1.29 is 9.47 Å². The fraction of sp³-hybridized carbons (Fsp3) is 0.467. The van der Waals surface area contributed by atoms with E-state index >= 15 is 0 Å². The number of benzene rings is 1. The van der Waals surface area contributed by atoms with Gasteiger partial charge in [0.15, 0.2) is 11.5 Å². The Bertz CT molecular complexity index is 566. The molecule has 0 radical (unpaired) electrons. The molecule has 0 saturated heterocycles. The van der Waals surface area contributed by atoms with Crippen molar-refractivity contribution >= 4 is 11.5 Å². The molecule has 5 heteroatoms. The van der Waals surface area contributed by atoms with E-state index in [0.29, 0.717) is 25.0 Å². The Labute approximate surface area is 118 Å². The van der Waals surface area contributed by atoms with Crippen molar-refractivity contribution in [3.8, 4) is 11.5 Å². The van der Waals surface area contributed by atoms with Gasteiger partial charge in [-0.05, 0) is 24.6 Å². The number of hydrogen-bond acceptors (Lipinski definition) is 5. The molecule has 2 N–H and O–H groups in total. The van der Waals surface area contributed by atoms with Gasteiger partial charge in [-0.25, -0.2) is 0 Å². The van der Waals surface area contributed by atoms with E-state index in [1.807, 2.05) is 18.2 Å². The molecule has 1 unspecified atom stereocenters. The summed E-state index contributed by atoms with van der Waals surface area (Å²) in [4.78, 5) is 0. The van der Waals surface area contributed by atoms with Gasteiger partial charge in [0.1, 0.15) is 5.84 Å². The highest BCUT2D eigenvalue weighted by atomic mass is 16.5. The van der Waals surface area contributed by atoms with Gasteiger partial charge < -0.3 is 15.2 Å². The summed E-state index contributed by atoms with van der Waals surface area (Å²) in [7, 11) is 0. The SMILES string of the molecule is CCC1CC(N)=NN=C1c1ccc2c(c1)OCCCO2. The number of rotatable bonds is 2. The predicted octanol–water partition coefficient (Wildman–Crippen LogP) is 2.34. The van der Waals surface area contributed by atoms with Gasteiger partial charge in [-0.15, -0.1) is 5.10 Å². The van der Waals surface area contributed by atoms with Crippen molar-refractivity contribution in [2.75, 3.05) is 13.2 Å². The van der Waals surface area contributed by atoms with Crippen molar-refractivity contribution in [3.05, 3.63) is 23.8 Å². The molecule has 3 rings (SSSR count). The van der Waals surface area contributed by atoms with E-state index in [-0.39, 0.29) is 0 Å². The molecule has 2 aliphatic heterocycles. The number of nitrogens with two attached hydrogens (primary N) is 1. The van der Waals surface area contributed by atoms with Crippen LogP contribution in [0.5, 0.6) is 11.5 Å². The maximum absolute atomic E-state index is 5.77. The van der Waals surface area contributed by atoms with Gasteiger partial charge in [0.25, 0.3) is 0 Å². The largest absolute Gasteiger partial charge is 0.490 e. The van der Waals surface area contributed by atoms with E-state index < -0.39 is 0 Å². The summed E-state index contributed by atoms with van der Waals surface area (Å²) in [5, 5.41) is 8.32. The third-order valence-corrected chi connectivity index (χ3v) is 3.66. The van der Waals surface area contributed by atoms with Crippen LogP contribution in [0.25, 0.3) is 0 Å². The van der Waals surface area contributed by atoms with Crippen LogP contribution >= 0.6 is 0 Å². The number of ether oxygens (including phenoxy) is 2. The maximum Gasteiger partial charge on any atom is 0.161 e. The zero-order chi connectivity index (χ0) is 13.9. The Morgan fingerprint density at radius 3 is 2.80 bits per heavy atom. The van der Waals surface area contributed by atoms with E-state index in [9.17, 15) is 0 Å². The van der Waals surface area contributed by atoms with Crippen LogP contribution in [0.15, 0.2) is 28.4 Å². The van der Waals surface area contributed by atoms with E-state index in [4.69, 9.17) is 15.2 Å². The Morgan fingerprint density at radius 2 is 2.00 bits per heavy atom. The lowest BCUT2D eigenvalue weighted by Gasteiger charge is -2.20. The number of hydrogen-bond donors (Lipinski definition) is 1. The van der Waals surface area contributed by atoms with Crippen LogP contribution in [-0.4, -0.2) is 24.8 Å². The first-order chi connectivity index (χ1) is 9.78. The fourth-order valence-electron chi connectivity index (χ4n) is 2.54. The molecule has 0 aromatic heterocycles. The quantitative estimate of drug-likeness (QED) is 0.899. The molecular weight excluding hydrogens is 254 g/mol. The lowest BCUT2D eigenvalue weighted by molar-refractivity contribution is 0.297. The number of nitrogens with zero attached hydrogens (tertiary/aromatic N) is 2. The molecule has 2 aliphatic rings. The molecule has 5 nitrogen and oxygen atoms in total. The fourth-order valence-corrected chi connectivity index (χ4v) is 2.54. The van der Waals surface area contributed by atoms with Crippen molar-refractivity contribution in [1.29, 1.82) is 0 Å². The molecule has 0 spiro atoms. The first kappa shape index (κ1) is 13.0. The first-order valence-electron chi connectivity index (χ1n) is 7.08.